The molecule has 6 heteroatoms. The molecule has 3 aromatic rings. The molecule has 1 heterocycles. The molecule has 1 aliphatic heterocycles. The zero-order valence-corrected chi connectivity index (χ0v) is 20.6. The van der Waals surface area contributed by atoms with Crippen molar-refractivity contribution in [1.29, 1.82) is 0 Å². The summed E-state index contributed by atoms with van der Waals surface area (Å²) in [7, 11) is 0. The number of anilines is 1. The maximum absolute atomic E-state index is 13.3. The topological polar surface area (TPSA) is 75.7 Å². The van der Waals surface area contributed by atoms with Crippen LogP contribution < -0.4 is 15.0 Å². The Morgan fingerprint density at radius 1 is 0.889 bits per heavy atom. The van der Waals surface area contributed by atoms with Gasteiger partial charge < -0.3 is 4.74 Å². The molecule has 0 bridgehead atoms. The third-order valence-electron chi connectivity index (χ3n) is 5.84. The molecule has 1 N–H and O–H groups in total. The largest absolute Gasteiger partial charge is 0.489 e. The lowest BCUT2D eigenvalue weighted by Crippen LogP contribution is -2.54. The number of benzene rings is 3. The normalized spacial score (nSPS) is 14.7. The third-order valence-corrected chi connectivity index (χ3v) is 5.84. The van der Waals surface area contributed by atoms with Gasteiger partial charge in [-0.2, -0.15) is 0 Å². The molecule has 0 saturated carbocycles. The first kappa shape index (κ1) is 24.7. The van der Waals surface area contributed by atoms with Gasteiger partial charge in [0.25, 0.3) is 11.8 Å². The quantitative estimate of drug-likeness (QED) is 0.272. The summed E-state index contributed by atoms with van der Waals surface area (Å²) in [5.41, 5.74) is 5.86. The zero-order chi connectivity index (χ0) is 25.8. The van der Waals surface area contributed by atoms with Crippen LogP contribution in [0.1, 0.15) is 33.4 Å². The third kappa shape index (κ3) is 5.44. The van der Waals surface area contributed by atoms with E-state index in [1.807, 2.05) is 63.2 Å². The Bertz CT molecular complexity index is 1370. The molecule has 0 spiro atoms. The maximum atomic E-state index is 13.3. The van der Waals surface area contributed by atoms with Crippen molar-refractivity contribution in [3.63, 3.8) is 0 Å². The van der Waals surface area contributed by atoms with E-state index in [1.165, 1.54) is 11.6 Å². The second-order valence-electron chi connectivity index (χ2n) is 8.94. The molecule has 1 saturated heterocycles. The Hall–Kier alpha value is -4.45. The zero-order valence-electron chi connectivity index (χ0n) is 20.6. The van der Waals surface area contributed by atoms with E-state index >= 15 is 0 Å². The smallest absolute Gasteiger partial charge is 0.335 e. The Morgan fingerprint density at radius 3 is 2.25 bits per heavy atom. The standard InChI is InChI=1S/C30H28N2O4/c1-5-6-24-16-23(11-12-27(24)36-18-22-9-7-19(2)8-10-22)17-26-28(33)31-30(35)32(29(26)34)25-14-20(3)13-21(4)15-25/h5,7-17H,1,6,18H2,2-4H3,(H,31,33,35)/b26-17+. The van der Waals surface area contributed by atoms with Gasteiger partial charge in [0, 0.05) is 0 Å². The highest BCUT2D eigenvalue weighted by Crippen LogP contribution is 2.27. The van der Waals surface area contributed by atoms with Crippen LogP contribution in [-0.4, -0.2) is 17.8 Å². The fraction of sp³-hybridized carbons (Fsp3) is 0.167. The number of allylic oxidation sites excluding steroid dienone is 1. The van der Waals surface area contributed by atoms with Crippen LogP contribution in [0.2, 0.25) is 0 Å². The van der Waals surface area contributed by atoms with Gasteiger partial charge in [0.2, 0.25) is 0 Å². The van der Waals surface area contributed by atoms with Gasteiger partial charge in [0.1, 0.15) is 17.9 Å². The average Bonchev–Trinajstić information content (AvgIpc) is 2.82. The van der Waals surface area contributed by atoms with Crippen LogP contribution in [0.25, 0.3) is 6.08 Å². The van der Waals surface area contributed by atoms with E-state index in [2.05, 4.69) is 11.9 Å². The van der Waals surface area contributed by atoms with E-state index in [0.717, 1.165) is 27.2 Å². The Morgan fingerprint density at radius 2 is 1.58 bits per heavy atom. The molecule has 6 nitrogen and oxygen atoms in total. The Labute approximate surface area is 210 Å². The summed E-state index contributed by atoms with van der Waals surface area (Å²) in [5.74, 6) is -0.696. The van der Waals surface area contributed by atoms with E-state index in [9.17, 15) is 14.4 Å². The van der Waals surface area contributed by atoms with Gasteiger partial charge in [0.15, 0.2) is 0 Å². The number of aryl methyl sites for hydroxylation is 3. The van der Waals surface area contributed by atoms with Gasteiger partial charge in [-0.3, -0.25) is 14.9 Å². The molecule has 1 fully saturated rings. The predicted octanol–water partition coefficient (Wildman–Crippen LogP) is 5.59. The molecule has 0 atom stereocenters. The van der Waals surface area contributed by atoms with Crippen LogP contribution in [0.15, 0.2) is 78.9 Å². The van der Waals surface area contributed by atoms with Crippen LogP contribution >= 0.6 is 0 Å². The van der Waals surface area contributed by atoms with Gasteiger partial charge in [-0.1, -0.05) is 48.0 Å². The number of hydrogen-bond donors (Lipinski definition) is 1. The van der Waals surface area contributed by atoms with Gasteiger partial charge in [-0.15, -0.1) is 6.58 Å². The van der Waals surface area contributed by atoms with Crippen LogP contribution in [-0.2, 0) is 22.6 Å². The number of urea groups is 1. The lowest BCUT2D eigenvalue weighted by Gasteiger charge is -2.27. The van der Waals surface area contributed by atoms with Gasteiger partial charge >= 0.3 is 6.03 Å². The summed E-state index contributed by atoms with van der Waals surface area (Å²) in [6.07, 6.45) is 3.81. The van der Waals surface area contributed by atoms with Crippen molar-refractivity contribution in [2.75, 3.05) is 4.90 Å². The first-order chi connectivity index (χ1) is 17.2. The van der Waals surface area contributed by atoms with Crippen molar-refractivity contribution >= 4 is 29.6 Å². The molecule has 0 unspecified atom stereocenters. The fourth-order valence-electron chi connectivity index (χ4n) is 4.13. The van der Waals surface area contributed by atoms with Crippen LogP contribution in [0.4, 0.5) is 10.5 Å². The van der Waals surface area contributed by atoms with Crippen LogP contribution in [0, 0.1) is 20.8 Å². The number of carbonyl (C=O) groups excluding carboxylic acids is 3. The van der Waals surface area contributed by atoms with Crippen LogP contribution in [0.5, 0.6) is 5.75 Å². The maximum Gasteiger partial charge on any atom is 0.335 e. The molecule has 4 rings (SSSR count). The van der Waals surface area contributed by atoms with Crippen molar-refractivity contribution < 1.29 is 19.1 Å². The molecule has 0 aliphatic carbocycles. The lowest BCUT2D eigenvalue weighted by molar-refractivity contribution is -0.122. The summed E-state index contributed by atoms with van der Waals surface area (Å²) >= 11 is 0. The first-order valence-corrected chi connectivity index (χ1v) is 11.7. The minimum atomic E-state index is -0.764. The minimum absolute atomic E-state index is 0.119. The second-order valence-corrected chi connectivity index (χ2v) is 8.94. The highest BCUT2D eigenvalue weighted by molar-refractivity contribution is 6.39. The molecule has 1 aliphatic rings. The lowest BCUT2D eigenvalue weighted by atomic mass is 10.0. The molecule has 0 aromatic heterocycles. The van der Waals surface area contributed by atoms with Crippen LogP contribution in [0.3, 0.4) is 0 Å². The average molecular weight is 481 g/mol. The summed E-state index contributed by atoms with van der Waals surface area (Å²) in [4.78, 5) is 39.4. The second kappa shape index (κ2) is 10.4. The minimum Gasteiger partial charge on any atom is -0.489 e. The highest BCUT2D eigenvalue weighted by Gasteiger charge is 2.37. The van der Waals surface area contributed by atoms with Crippen molar-refractivity contribution in [3.8, 4) is 5.75 Å². The number of nitrogens with zero attached hydrogens (tertiary/aromatic N) is 1. The Kier molecular flexibility index (Phi) is 7.15. The predicted molar refractivity (Wildman–Crippen MR) is 141 cm³/mol. The molecular weight excluding hydrogens is 452 g/mol. The van der Waals surface area contributed by atoms with Crippen molar-refractivity contribution in [3.05, 3.63) is 112 Å². The van der Waals surface area contributed by atoms with Gasteiger partial charge in [0.05, 0.1) is 5.69 Å². The Balaban J connectivity index is 1.62. The molecule has 36 heavy (non-hydrogen) atoms. The molecule has 4 amide bonds. The number of amides is 4. The number of nitrogens with one attached hydrogen (secondary N) is 1. The monoisotopic (exact) mass is 480 g/mol. The molecular formula is C30H28N2O4. The van der Waals surface area contributed by atoms with E-state index in [4.69, 9.17) is 4.74 Å². The van der Waals surface area contributed by atoms with E-state index < -0.39 is 17.8 Å². The van der Waals surface area contributed by atoms with E-state index in [1.54, 1.807) is 24.3 Å². The molecule has 3 aromatic carbocycles. The van der Waals surface area contributed by atoms with Gasteiger partial charge in [-0.25, -0.2) is 9.69 Å². The molecule has 182 valence electrons. The number of rotatable bonds is 7. The number of imide groups is 2. The number of barbiturate groups is 1. The van der Waals surface area contributed by atoms with Gasteiger partial charge in [-0.05, 0) is 85.4 Å². The summed E-state index contributed by atoms with van der Waals surface area (Å²) in [5, 5.41) is 2.28. The highest BCUT2D eigenvalue weighted by atomic mass is 16.5. The van der Waals surface area contributed by atoms with Crippen molar-refractivity contribution in [2.45, 2.75) is 33.8 Å². The fourth-order valence-corrected chi connectivity index (χ4v) is 4.13. The number of hydrogen-bond acceptors (Lipinski definition) is 4. The van der Waals surface area contributed by atoms with E-state index in [-0.39, 0.29) is 5.57 Å². The summed E-state index contributed by atoms with van der Waals surface area (Å²) < 4.78 is 6.05. The molecule has 0 radical (unpaired) electrons. The van der Waals surface area contributed by atoms with Crippen molar-refractivity contribution in [2.24, 2.45) is 0 Å². The van der Waals surface area contributed by atoms with E-state index in [0.29, 0.717) is 30.0 Å². The SMILES string of the molecule is C=CCc1cc(/C=C2\C(=O)NC(=O)N(c3cc(C)cc(C)c3)C2=O)ccc1OCc1ccc(C)cc1. The number of carbonyl (C=O) groups is 3. The first-order valence-electron chi connectivity index (χ1n) is 11.7. The summed E-state index contributed by atoms with van der Waals surface area (Å²) in [6, 6.07) is 18.2. The number of ether oxygens (including phenoxy) is 1. The summed E-state index contributed by atoms with van der Waals surface area (Å²) in [6.45, 7) is 10.0. The van der Waals surface area contributed by atoms with Crippen molar-refractivity contribution in [1.82, 2.24) is 5.32 Å².